The van der Waals surface area contributed by atoms with E-state index in [1.165, 1.54) is 18.4 Å². The summed E-state index contributed by atoms with van der Waals surface area (Å²) in [6, 6.07) is 8.34. The number of ether oxygens (including phenoxy) is 1. The molecule has 1 N–H and O–H groups in total. The Morgan fingerprint density at radius 1 is 1.19 bits per heavy atom. The summed E-state index contributed by atoms with van der Waals surface area (Å²) in [5, 5.41) is 3.39. The van der Waals surface area contributed by atoms with Gasteiger partial charge in [0.2, 0.25) is 0 Å². The zero-order chi connectivity index (χ0) is 11.6. The van der Waals surface area contributed by atoms with Gasteiger partial charge in [0.15, 0.2) is 0 Å². The number of rotatable bonds is 8. The summed E-state index contributed by atoms with van der Waals surface area (Å²) in [5.74, 6) is 0.990. The Hall–Kier alpha value is -1.02. The van der Waals surface area contributed by atoms with Gasteiger partial charge in [0.25, 0.3) is 0 Å². The molecule has 0 saturated carbocycles. The van der Waals surface area contributed by atoms with Crippen molar-refractivity contribution in [1.82, 2.24) is 5.32 Å². The number of hydrogen-bond donors (Lipinski definition) is 1. The van der Waals surface area contributed by atoms with E-state index in [1.54, 1.807) is 0 Å². The number of benzene rings is 1. The van der Waals surface area contributed by atoms with Crippen LogP contribution < -0.4 is 10.1 Å². The first kappa shape index (κ1) is 13.0. The maximum Gasteiger partial charge on any atom is 0.119 e. The first-order valence-electron chi connectivity index (χ1n) is 6.29. The van der Waals surface area contributed by atoms with Crippen LogP contribution in [0.2, 0.25) is 0 Å². The van der Waals surface area contributed by atoms with E-state index in [2.05, 4.69) is 37.4 Å². The Bertz CT molecular complexity index is 261. The molecule has 0 spiro atoms. The zero-order valence-corrected chi connectivity index (χ0v) is 10.5. The largest absolute Gasteiger partial charge is 0.494 e. The lowest BCUT2D eigenvalue weighted by atomic mass is 10.2. The molecule has 0 heterocycles. The van der Waals surface area contributed by atoms with E-state index in [0.717, 1.165) is 31.9 Å². The molecule has 1 aromatic rings. The van der Waals surface area contributed by atoms with Crippen LogP contribution in [0.5, 0.6) is 5.75 Å². The summed E-state index contributed by atoms with van der Waals surface area (Å²) in [5.41, 5.74) is 1.29. The van der Waals surface area contributed by atoms with Gasteiger partial charge >= 0.3 is 0 Å². The van der Waals surface area contributed by atoms with Crippen LogP contribution in [0.15, 0.2) is 24.3 Å². The third-order valence-corrected chi connectivity index (χ3v) is 2.42. The molecule has 0 aromatic heterocycles. The first-order chi connectivity index (χ1) is 7.86. The second kappa shape index (κ2) is 8.17. The standard InChI is InChI=1S/C14H23NO/c1-3-5-10-16-14-8-6-7-13(11-14)12-15-9-4-2/h6-8,11,15H,3-5,9-10,12H2,1-2H3. The fourth-order valence-corrected chi connectivity index (χ4v) is 1.49. The van der Waals surface area contributed by atoms with Crippen molar-refractivity contribution >= 4 is 0 Å². The number of hydrogen-bond acceptors (Lipinski definition) is 2. The second-order valence-corrected chi connectivity index (χ2v) is 4.03. The van der Waals surface area contributed by atoms with Crippen LogP contribution in [0, 0.1) is 0 Å². The summed E-state index contributed by atoms with van der Waals surface area (Å²) in [6.07, 6.45) is 3.47. The molecule has 0 amide bonds. The lowest BCUT2D eigenvalue weighted by Gasteiger charge is -2.08. The third kappa shape index (κ3) is 5.17. The van der Waals surface area contributed by atoms with Crippen molar-refractivity contribution < 1.29 is 4.74 Å². The molecule has 16 heavy (non-hydrogen) atoms. The van der Waals surface area contributed by atoms with Crippen molar-refractivity contribution in [2.24, 2.45) is 0 Å². The average Bonchev–Trinajstić information content (AvgIpc) is 2.30. The highest BCUT2D eigenvalue weighted by molar-refractivity contribution is 5.28. The van der Waals surface area contributed by atoms with Gasteiger partial charge in [0.1, 0.15) is 5.75 Å². The fraction of sp³-hybridized carbons (Fsp3) is 0.571. The predicted octanol–water partition coefficient (Wildman–Crippen LogP) is 3.37. The molecule has 0 aliphatic rings. The summed E-state index contributed by atoms with van der Waals surface area (Å²) in [6.45, 7) is 7.17. The summed E-state index contributed by atoms with van der Waals surface area (Å²) >= 11 is 0. The molecule has 1 aromatic carbocycles. The average molecular weight is 221 g/mol. The zero-order valence-electron chi connectivity index (χ0n) is 10.5. The molecule has 0 bridgehead atoms. The first-order valence-corrected chi connectivity index (χ1v) is 6.29. The highest BCUT2D eigenvalue weighted by Gasteiger charge is 1.96. The van der Waals surface area contributed by atoms with E-state index >= 15 is 0 Å². The van der Waals surface area contributed by atoms with Gasteiger partial charge in [-0.15, -0.1) is 0 Å². The van der Waals surface area contributed by atoms with Crippen LogP contribution in [0.3, 0.4) is 0 Å². The molecule has 0 fully saturated rings. The fourth-order valence-electron chi connectivity index (χ4n) is 1.49. The smallest absolute Gasteiger partial charge is 0.119 e. The Kier molecular flexibility index (Phi) is 6.66. The van der Waals surface area contributed by atoms with Crippen LogP contribution in [-0.2, 0) is 6.54 Å². The SMILES string of the molecule is CCCCOc1cccc(CNCCC)c1. The van der Waals surface area contributed by atoms with Crippen molar-refractivity contribution in [2.45, 2.75) is 39.7 Å². The van der Waals surface area contributed by atoms with E-state index in [9.17, 15) is 0 Å². The van der Waals surface area contributed by atoms with Gasteiger partial charge in [-0.25, -0.2) is 0 Å². The lowest BCUT2D eigenvalue weighted by molar-refractivity contribution is 0.309. The normalized spacial score (nSPS) is 10.4. The van der Waals surface area contributed by atoms with Gasteiger partial charge in [-0.3, -0.25) is 0 Å². The van der Waals surface area contributed by atoms with Crippen molar-refractivity contribution in [1.29, 1.82) is 0 Å². The van der Waals surface area contributed by atoms with Crippen molar-refractivity contribution in [3.8, 4) is 5.75 Å². The molecule has 0 aliphatic heterocycles. The van der Waals surface area contributed by atoms with Crippen molar-refractivity contribution in [3.05, 3.63) is 29.8 Å². The molecule has 2 heteroatoms. The summed E-state index contributed by atoms with van der Waals surface area (Å²) < 4.78 is 5.67. The predicted molar refractivity (Wildman–Crippen MR) is 68.8 cm³/mol. The van der Waals surface area contributed by atoms with Gasteiger partial charge in [-0.2, -0.15) is 0 Å². The minimum absolute atomic E-state index is 0.822. The van der Waals surface area contributed by atoms with Gasteiger partial charge in [0.05, 0.1) is 6.61 Å². The third-order valence-electron chi connectivity index (χ3n) is 2.42. The quantitative estimate of drug-likeness (QED) is 0.680. The Morgan fingerprint density at radius 2 is 2.06 bits per heavy atom. The molecule has 2 nitrogen and oxygen atoms in total. The highest BCUT2D eigenvalue weighted by Crippen LogP contribution is 2.13. The highest BCUT2D eigenvalue weighted by atomic mass is 16.5. The molecule has 90 valence electrons. The van der Waals surface area contributed by atoms with E-state index in [1.807, 2.05) is 6.07 Å². The monoisotopic (exact) mass is 221 g/mol. The Labute approximate surface area is 99.0 Å². The second-order valence-electron chi connectivity index (χ2n) is 4.03. The van der Waals surface area contributed by atoms with Gasteiger partial charge in [0, 0.05) is 6.54 Å². The van der Waals surface area contributed by atoms with E-state index in [0.29, 0.717) is 0 Å². The minimum Gasteiger partial charge on any atom is -0.494 e. The van der Waals surface area contributed by atoms with E-state index in [-0.39, 0.29) is 0 Å². The summed E-state index contributed by atoms with van der Waals surface area (Å²) in [4.78, 5) is 0. The molecule has 0 saturated heterocycles. The molecular weight excluding hydrogens is 198 g/mol. The van der Waals surface area contributed by atoms with Crippen LogP contribution in [0.25, 0.3) is 0 Å². The van der Waals surface area contributed by atoms with Crippen LogP contribution in [0.4, 0.5) is 0 Å². The Balaban J connectivity index is 2.37. The molecule has 0 unspecified atom stereocenters. The van der Waals surface area contributed by atoms with Gasteiger partial charge in [-0.05, 0) is 37.1 Å². The van der Waals surface area contributed by atoms with Crippen LogP contribution in [0.1, 0.15) is 38.7 Å². The number of nitrogens with one attached hydrogen (secondary N) is 1. The molecule has 0 aliphatic carbocycles. The molecular formula is C14H23NO. The van der Waals surface area contributed by atoms with Crippen molar-refractivity contribution in [3.63, 3.8) is 0 Å². The van der Waals surface area contributed by atoms with Gasteiger partial charge < -0.3 is 10.1 Å². The van der Waals surface area contributed by atoms with Gasteiger partial charge in [-0.1, -0.05) is 32.4 Å². The van der Waals surface area contributed by atoms with Crippen molar-refractivity contribution in [2.75, 3.05) is 13.2 Å². The maximum absolute atomic E-state index is 5.67. The van der Waals surface area contributed by atoms with Crippen LogP contribution >= 0.6 is 0 Å². The molecule has 1 rings (SSSR count). The van der Waals surface area contributed by atoms with E-state index in [4.69, 9.17) is 4.74 Å². The molecule has 0 radical (unpaired) electrons. The Morgan fingerprint density at radius 3 is 2.81 bits per heavy atom. The van der Waals surface area contributed by atoms with Crippen LogP contribution in [-0.4, -0.2) is 13.2 Å². The maximum atomic E-state index is 5.67. The minimum atomic E-state index is 0.822. The molecule has 0 atom stereocenters. The topological polar surface area (TPSA) is 21.3 Å². The number of unbranched alkanes of at least 4 members (excludes halogenated alkanes) is 1. The van der Waals surface area contributed by atoms with E-state index < -0.39 is 0 Å². The lowest BCUT2D eigenvalue weighted by Crippen LogP contribution is -2.13. The summed E-state index contributed by atoms with van der Waals surface area (Å²) in [7, 11) is 0.